The number of hydrogen-bond acceptors (Lipinski definition) is 13. The van der Waals surface area contributed by atoms with Gasteiger partial charge in [0.1, 0.15) is 6.54 Å². The molecular formula is C43H63N2O16S3+. The molecule has 358 valence electrons. The Bertz CT molecular complexity index is 2350. The minimum atomic E-state index is -4.64. The molecule has 2 unspecified atom stereocenters. The van der Waals surface area contributed by atoms with Crippen LogP contribution in [0.4, 0.5) is 11.4 Å². The smallest absolute Gasteiger partial charge is 0.303 e. The molecule has 0 bridgehead atoms. The fourth-order valence-electron chi connectivity index (χ4n) is 8.28. The van der Waals surface area contributed by atoms with Crippen LogP contribution in [0.25, 0.3) is 0 Å². The van der Waals surface area contributed by atoms with Gasteiger partial charge >= 0.3 is 5.97 Å². The van der Waals surface area contributed by atoms with Crippen LogP contribution in [0, 0.1) is 0 Å². The van der Waals surface area contributed by atoms with Crippen LogP contribution in [0.5, 0.6) is 0 Å². The molecule has 18 nitrogen and oxygen atoms in total. The minimum absolute atomic E-state index is 0.000280. The van der Waals surface area contributed by atoms with Crippen LogP contribution in [-0.4, -0.2) is 146 Å². The molecule has 2 aliphatic heterocycles. The van der Waals surface area contributed by atoms with Gasteiger partial charge in [0.05, 0.1) is 60.6 Å². The van der Waals surface area contributed by atoms with E-state index >= 15 is 0 Å². The molecule has 2 atom stereocenters. The molecule has 21 heteroatoms. The Balaban J connectivity index is 1.80. The van der Waals surface area contributed by atoms with E-state index in [0.717, 1.165) is 11.4 Å². The van der Waals surface area contributed by atoms with Crippen molar-refractivity contribution in [3.05, 3.63) is 71.5 Å². The fourth-order valence-corrected chi connectivity index (χ4v) is 9.80. The second kappa shape index (κ2) is 23.7. The van der Waals surface area contributed by atoms with Crippen molar-refractivity contribution in [2.75, 3.05) is 90.8 Å². The monoisotopic (exact) mass is 959 g/mol. The van der Waals surface area contributed by atoms with Gasteiger partial charge in [0.25, 0.3) is 30.4 Å². The average Bonchev–Trinajstić information content (AvgIpc) is 3.58. The highest BCUT2D eigenvalue weighted by Crippen LogP contribution is 2.51. The molecule has 4 N–H and O–H groups in total. The summed E-state index contributed by atoms with van der Waals surface area (Å²) >= 11 is 0. The van der Waals surface area contributed by atoms with Crippen LogP contribution >= 0.6 is 0 Å². The van der Waals surface area contributed by atoms with Gasteiger partial charge in [-0.1, -0.05) is 6.08 Å². The summed E-state index contributed by atoms with van der Waals surface area (Å²) in [4.78, 5) is 12.7. The molecule has 2 heterocycles. The van der Waals surface area contributed by atoms with E-state index in [4.69, 9.17) is 23.7 Å². The van der Waals surface area contributed by atoms with Crippen molar-refractivity contribution in [1.29, 1.82) is 0 Å². The van der Waals surface area contributed by atoms with E-state index in [9.17, 15) is 48.8 Å². The van der Waals surface area contributed by atoms with Crippen molar-refractivity contribution >= 4 is 53.4 Å². The van der Waals surface area contributed by atoms with Gasteiger partial charge in [-0.2, -0.15) is 29.8 Å². The molecule has 0 fully saturated rings. The maximum atomic E-state index is 12.4. The van der Waals surface area contributed by atoms with Crippen LogP contribution in [-0.2, 0) is 69.7 Å². The summed E-state index contributed by atoms with van der Waals surface area (Å²) in [5, 5.41) is 9.21. The van der Waals surface area contributed by atoms with Gasteiger partial charge in [0, 0.05) is 81.3 Å². The lowest BCUT2D eigenvalue weighted by Gasteiger charge is -2.30. The van der Waals surface area contributed by atoms with Gasteiger partial charge in [0.15, 0.2) is 5.71 Å². The number of hydrogen-bond donors (Lipinski definition) is 4. The Morgan fingerprint density at radius 1 is 0.703 bits per heavy atom. The highest BCUT2D eigenvalue weighted by atomic mass is 32.2. The summed E-state index contributed by atoms with van der Waals surface area (Å²) in [6.07, 6.45) is 8.22. The number of carboxylic acid groups (broad SMARTS) is 1. The molecule has 0 amide bonds. The number of methoxy groups -OCH3 is 2. The number of aliphatic carboxylic acids is 1. The number of anilines is 1. The topological polar surface area (TPSA) is 253 Å². The van der Waals surface area contributed by atoms with Crippen LogP contribution in [0.1, 0.15) is 76.3 Å². The van der Waals surface area contributed by atoms with Gasteiger partial charge in [-0.15, -0.1) is 0 Å². The number of benzene rings is 2. The van der Waals surface area contributed by atoms with E-state index in [1.165, 1.54) is 24.3 Å². The van der Waals surface area contributed by atoms with E-state index in [2.05, 4.69) is 4.90 Å². The van der Waals surface area contributed by atoms with Crippen molar-refractivity contribution in [2.24, 2.45) is 0 Å². The second-order valence-corrected chi connectivity index (χ2v) is 20.5. The fraction of sp³-hybridized carbons (Fsp3) is 0.581. The van der Waals surface area contributed by atoms with Crippen molar-refractivity contribution < 1.29 is 77.1 Å². The first-order chi connectivity index (χ1) is 30.2. The van der Waals surface area contributed by atoms with Gasteiger partial charge in [-0.05, 0) is 94.3 Å². The van der Waals surface area contributed by atoms with Crippen LogP contribution in [0.3, 0.4) is 0 Å². The molecule has 0 saturated carbocycles. The first-order valence-corrected chi connectivity index (χ1v) is 25.6. The first kappa shape index (κ1) is 53.0. The Morgan fingerprint density at radius 3 is 1.89 bits per heavy atom. The second-order valence-electron chi connectivity index (χ2n) is 16.1. The zero-order chi connectivity index (χ0) is 47.2. The standard InChI is InChI=1S/C43H62N2O16S3/c1-42(18-9-30-62(48,49)50)35-31-33(63(51,52)53)14-16-37(35)44(20-7-5-6-13-41(46)47)39(42)11-8-12-40-43(2,19-23-59-26-27-61-29-28-60-25-24-58-4)36-32-34(64(54,55)56)15-17-38(36)45(40)21-10-22-57-3/h8,11-12,14-17,31-32H,5-7,9-10,13,18-30H2,1-4H3,(H3-,46,47,48,49,50,51,52,53,54,55,56)/p+1. The molecule has 2 aliphatic rings. The quantitative estimate of drug-likeness (QED) is 0.0447. The predicted molar refractivity (Wildman–Crippen MR) is 239 cm³/mol. The number of nitrogens with zero attached hydrogens (tertiary/aromatic N) is 2. The maximum absolute atomic E-state index is 12.4. The lowest BCUT2D eigenvalue weighted by Crippen LogP contribution is -2.32. The number of carboxylic acids is 1. The number of ether oxygens (including phenoxy) is 5. The van der Waals surface area contributed by atoms with E-state index in [1.54, 1.807) is 26.4 Å². The van der Waals surface area contributed by atoms with Crippen LogP contribution in [0.15, 0.2) is 70.1 Å². The SMILES string of the molecule is COCCCN1/C(=C/C=C/C2=[N+](CCCCCC(=O)O)c3ccc(S(=O)(=O)O)cc3C2(C)CCCS(=O)(=O)O)C(C)(CCOCCOCCOCCOC)c2cc(S(=O)(=O)O)ccc21. The summed E-state index contributed by atoms with van der Waals surface area (Å²) in [6.45, 7) is 7.64. The van der Waals surface area contributed by atoms with Crippen molar-refractivity contribution in [3.8, 4) is 0 Å². The Hall–Kier alpha value is -3.61. The predicted octanol–water partition coefficient (Wildman–Crippen LogP) is 5.19. The van der Waals surface area contributed by atoms with Crippen molar-refractivity contribution in [1.82, 2.24) is 0 Å². The van der Waals surface area contributed by atoms with E-state index in [1.807, 2.05) is 36.7 Å². The molecule has 4 rings (SSSR count). The first-order valence-electron chi connectivity index (χ1n) is 21.1. The molecule has 0 aliphatic carbocycles. The lowest BCUT2D eigenvalue weighted by atomic mass is 9.75. The molecule has 64 heavy (non-hydrogen) atoms. The zero-order valence-corrected chi connectivity index (χ0v) is 39.4. The van der Waals surface area contributed by atoms with Gasteiger partial charge in [-0.25, -0.2) is 0 Å². The number of rotatable bonds is 30. The van der Waals surface area contributed by atoms with Gasteiger partial charge < -0.3 is 33.7 Å². The minimum Gasteiger partial charge on any atom is -0.481 e. The highest BCUT2D eigenvalue weighted by molar-refractivity contribution is 7.86. The van der Waals surface area contributed by atoms with E-state index < -0.39 is 52.9 Å². The number of unbranched alkanes of at least 4 members (excludes halogenated alkanes) is 2. The molecule has 0 spiro atoms. The van der Waals surface area contributed by atoms with Crippen molar-refractivity contribution in [2.45, 2.75) is 85.8 Å². The Morgan fingerprint density at radius 2 is 1.30 bits per heavy atom. The summed E-state index contributed by atoms with van der Waals surface area (Å²) in [7, 11) is -10.4. The van der Waals surface area contributed by atoms with Crippen LogP contribution < -0.4 is 4.90 Å². The third-order valence-corrected chi connectivity index (χ3v) is 14.0. The van der Waals surface area contributed by atoms with Crippen LogP contribution in [0.2, 0.25) is 0 Å². The molecule has 0 saturated heterocycles. The van der Waals surface area contributed by atoms with Crippen molar-refractivity contribution in [3.63, 3.8) is 0 Å². The summed E-state index contributed by atoms with van der Waals surface area (Å²) < 4.78 is 133. The molecule has 2 aromatic carbocycles. The van der Waals surface area contributed by atoms with E-state index in [-0.39, 0.29) is 42.3 Å². The summed E-state index contributed by atoms with van der Waals surface area (Å²) in [6, 6.07) is 8.70. The van der Waals surface area contributed by atoms with E-state index in [0.29, 0.717) is 107 Å². The Labute approximate surface area is 377 Å². The lowest BCUT2D eigenvalue weighted by molar-refractivity contribution is -0.438. The Kier molecular flexibility index (Phi) is 19.6. The number of allylic oxidation sites excluding steroid dienone is 4. The molecule has 0 aromatic heterocycles. The maximum Gasteiger partial charge on any atom is 0.303 e. The third kappa shape index (κ3) is 14.4. The normalized spacial score (nSPS) is 19.6. The molecule has 0 radical (unpaired) electrons. The zero-order valence-electron chi connectivity index (χ0n) is 36.9. The largest absolute Gasteiger partial charge is 0.481 e. The van der Waals surface area contributed by atoms with Gasteiger partial charge in [-0.3, -0.25) is 18.5 Å². The average molecular weight is 960 g/mol. The summed E-state index contributed by atoms with van der Waals surface area (Å²) in [5.41, 5.74) is 1.99. The highest BCUT2D eigenvalue weighted by Gasteiger charge is 2.48. The molecular weight excluding hydrogens is 897 g/mol. The summed E-state index contributed by atoms with van der Waals surface area (Å²) in [5.74, 6) is -1.47. The number of carbonyl (C=O) groups is 1. The third-order valence-electron chi connectivity index (χ3n) is 11.5. The van der Waals surface area contributed by atoms with Gasteiger partial charge in [0.2, 0.25) is 5.69 Å². The molecule has 2 aromatic rings. The number of fused-ring (bicyclic) bond motifs is 2.